The third-order valence-electron chi connectivity index (χ3n) is 4.07. The average molecular weight is 285 g/mol. The minimum absolute atomic E-state index is 0.141. The molecule has 19 heavy (non-hydrogen) atoms. The van der Waals surface area contributed by atoms with Crippen molar-refractivity contribution in [2.45, 2.75) is 37.5 Å². The molecule has 1 aromatic heterocycles. The molecule has 106 valence electrons. The summed E-state index contributed by atoms with van der Waals surface area (Å²) in [5.74, 6) is 2.41. The van der Waals surface area contributed by atoms with Gasteiger partial charge in [0, 0.05) is 11.8 Å². The summed E-state index contributed by atoms with van der Waals surface area (Å²) in [4.78, 5) is 4.50. The normalized spacial score (nSPS) is 25.5. The summed E-state index contributed by atoms with van der Waals surface area (Å²) in [7, 11) is -2.83. The Labute approximate surface area is 112 Å². The number of hydrogen-bond acceptors (Lipinski definition) is 6. The number of nitrogens with one attached hydrogen (secondary N) is 1. The van der Waals surface area contributed by atoms with Crippen LogP contribution in [-0.4, -0.2) is 43.2 Å². The van der Waals surface area contributed by atoms with Crippen molar-refractivity contribution in [1.82, 2.24) is 15.5 Å². The second-order valence-electron chi connectivity index (χ2n) is 5.44. The molecule has 7 heteroatoms. The lowest BCUT2D eigenvalue weighted by Gasteiger charge is -2.19. The first-order chi connectivity index (χ1) is 9.14. The lowest BCUT2D eigenvalue weighted by atomic mass is 9.98. The van der Waals surface area contributed by atoms with Crippen molar-refractivity contribution in [1.29, 1.82) is 0 Å². The highest BCUT2D eigenvalue weighted by molar-refractivity contribution is 7.91. The molecule has 0 aromatic carbocycles. The van der Waals surface area contributed by atoms with E-state index in [2.05, 4.69) is 15.5 Å². The quantitative estimate of drug-likeness (QED) is 0.866. The zero-order chi connectivity index (χ0) is 13.3. The molecule has 6 nitrogen and oxygen atoms in total. The Kier molecular flexibility index (Phi) is 3.58. The third-order valence-corrected chi connectivity index (χ3v) is 5.78. The number of piperidine rings is 1. The Morgan fingerprint density at radius 2 is 1.74 bits per heavy atom. The van der Waals surface area contributed by atoms with Crippen molar-refractivity contribution in [3.05, 3.63) is 11.7 Å². The Balaban J connectivity index is 1.68. The molecule has 1 N–H and O–H groups in total. The largest absolute Gasteiger partial charge is 0.339 e. The maximum Gasteiger partial charge on any atom is 0.229 e. The van der Waals surface area contributed by atoms with Crippen molar-refractivity contribution >= 4 is 9.84 Å². The highest BCUT2D eigenvalue weighted by Gasteiger charge is 2.29. The third kappa shape index (κ3) is 2.97. The van der Waals surface area contributed by atoms with Gasteiger partial charge in [-0.25, -0.2) is 8.42 Å². The number of hydrogen-bond donors (Lipinski definition) is 1. The van der Waals surface area contributed by atoms with E-state index in [1.165, 1.54) is 0 Å². The highest BCUT2D eigenvalue weighted by Crippen LogP contribution is 2.30. The fourth-order valence-corrected chi connectivity index (χ4v) is 4.29. The fraction of sp³-hybridized carbons (Fsp3) is 0.833. The average Bonchev–Trinajstić information content (AvgIpc) is 2.89. The Morgan fingerprint density at radius 3 is 2.42 bits per heavy atom. The van der Waals surface area contributed by atoms with Crippen molar-refractivity contribution in [3.8, 4) is 0 Å². The van der Waals surface area contributed by atoms with Gasteiger partial charge in [0.15, 0.2) is 5.82 Å². The second-order valence-corrected chi connectivity index (χ2v) is 7.74. The Bertz CT molecular complexity index is 520. The molecule has 2 fully saturated rings. The van der Waals surface area contributed by atoms with Crippen LogP contribution in [-0.2, 0) is 9.84 Å². The van der Waals surface area contributed by atoms with Gasteiger partial charge in [-0.05, 0) is 38.8 Å². The lowest BCUT2D eigenvalue weighted by Crippen LogP contribution is -2.26. The van der Waals surface area contributed by atoms with Crippen LogP contribution in [0, 0.1) is 0 Å². The van der Waals surface area contributed by atoms with Crippen molar-refractivity contribution in [2.75, 3.05) is 24.6 Å². The summed E-state index contributed by atoms with van der Waals surface area (Å²) in [5.41, 5.74) is 0. The molecule has 2 aliphatic heterocycles. The first-order valence-electron chi connectivity index (χ1n) is 6.89. The van der Waals surface area contributed by atoms with Gasteiger partial charge >= 0.3 is 0 Å². The highest BCUT2D eigenvalue weighted by atomic mass is 32.2. The van der Waals surface area contributed by atoms with Crippen LogP contribution in [0.25, 0.3) is 0 Å². The van der Waals surface area contributed by atoms with E-state index in [1.54, 1.807) is 0 Å². The molecule has 0 spiro atoms. The maximum absolute atomic E-state index is 11.4. The molecule has 0 bridgehead atoms. The number of aromatic nitrogens is 2. The van der Waals surface area contributed by atoms with E-state index >= 15 is 0 Å². The lowest BCUT2D eigenvalue weighted by molar-refractivity contribution is 0.316. The molecule has 2 aliphatic rings. The standard InChI is InChI=1S/C12H19N3O3S/c16-19(17)7-3-9(4-8-19)11-14-12(18-15-11)10-1-5-13-6-2-10/h9-10,13H,1-8H2. The van der Waals surface area contributed by atoms with E-state index in [0.717, 1.165) is 31.8 Å². The van der Waals surface area contributed by atoms with E-state index in [9.17, 15) is 8.42 Å². The monoisotopic (exact) mass is 285 g/mol. The van der Waals surface area contributed by atoms with E-state index in [1.807, 2.05) is 0 Å². The van der Waals surface area contributed by atoms with Gasteiger partial charge in [0.25, 0.3) is 0 Å². The van der Waals surface area contributed by atoms with Crippen molar-refractivity contribution < 1.29 is 12.9 Å². The van der Waals surface area contributed by atoms with Crippen LogP contribution in [0.2, 0.25) is 0 Å². The minimum atomic E-state index is -2.83. The van der Waals surface area contributed by atoms with Crippen LogP contribution in [0.1, 0.15) is 49.2 Å². The van der Waals surface area contributed by atoms with E-state index in [4.69, 9.17) is 4.52 Å². The van der Waals surface area contributed by atoms with Gasteiger partial charge in [-0.2, -0.15) is 4.98 Å². The van der Waals surface area contributed by atoms with Gasteiger partial charge in [-0.3, -0.25) is 0 Å². The summed E-state index contributed by atoms with van der Waals surface area (Å²) in [6, 6.07) is 0. The summed E-state index contributed by atoms with van der Waals surface area (Å²) < 4.78 is 28.2. The zero-order valence-electron chi connectivity index (χ0n) is 10.8. The molecule has 0 saturated carbocycles. The summed E-state index contributed by atoms with van der Waals surface area (Å²) >= 11 is 0. The first kappa shape index (κ1) is 13.1. The van der Waals surface area contributed by atoms with E-state index in [-0.39, 0.29) is 17.4 Å². The Morgan fingerprint density at radius 1 is 1.05 bits per heavy atom. The van der Waals surface area contributed by atoms with Gasteiger partial charge in [0.05, 0.1) is 11.5 Å². The van der Waals surface area contributed by atoms with Crippen LogP contribution < -0.4 is 5.32 Å². The summed E-state index contributed by atoms with van der Waals surface area (Å²) in [6.07, 6.45) is 3.29. The molecule has 3 rings (SSSR count). The topological polar surface area (TPSA) is 85.1 Å². The molecule has 0 unspecified atom stereocenters. The van der Waals surface area contributed by atoms with Gasteiger partial charge < -0.3 is 9.84 Å². The maximum atomic E-state index is 11.4. The van der Waals surface area contributed by atoms with Crippen LogP contribution in [0.4, 0.5) is 0 Å². The summed E-state index contributed by atoms with van der Waals surface area (Å²) in [5, 5.41) is 7.37. The molecule has 2 saturated heterocycles. The van der Waals surface area contributed by atoms with Crippen LogP contribution >= 0.6 is 0 Å². The predicted molar refractivity (Wildman–Crippen MR) is 69.8 cm³/mol. The molecule has 0 amide bonds. The number of sulfone groups is 1. The second kappa shape index (κ2) is 5.20. The molecule has 1 aromatic rings. The van der Waals surface area contributed by atoms with E-state index < -0.39 is 9.84 Å². The van der Waals surface area contributed by atoms with Gasteiger partial charge in [0.2, 0.25) is 5.89 Å². The molecular formula is C12H19N3O3S. The Hall–Kier alpha value is -0.950. The molecule has 0 radical (unpaired) electrons. The number of nitrogens with zero attached hydrogens (tertiary/aromatic N) is 2. The summed E-state index contributed by atoms with van der Waals surface area (Å²) in [6.45, 7) is 1.98. The smallest absolute Gasteiger partial charge is 0.229 e. The molecule has 0 atom stereocenters. The predicted octanol–water partition coefficient (Wildman–Crippen LogP) is 0.829. The molecule has 3 heterocycles. The van der Waals surface area contributed by atoms with Gasteiger partial charge in [-0.15, -0.1) is 0 Å². The zero-order valence-corrected chi connectivity index (χ0v) is 11.7. The number of rotatable bonds is 2. The molecular weight excluding hydrogens is 266 g/mol. The van der Waals surface area contributed by atoms with Gasteiger partial charge in [0.1, 0.15) is 9.84 Å². The van der Waals surface area contributed by atoms with Crippen molar-refractivity contribution in [2.24, 2.45) is 0 Å². The first-order valence-corrected chi connectivity index (χ1v) is 8.71. The fourth-order valence-electron chi connectivity index (χ4n) is 2.80. The van der Waals surface area contributed by atoms with Crippen molar-refractivity contribution in [3.63, 3.8) is 0 Å². The molecule has 0 aliphatic carbocycles. The van der Waals surface area contributed by atoms with E-state index in [0.29, 0.717) is 24.6 Å². The van der Waals surface area contributed by atoms with Crippen LogP contribution in [0.15, 0.2) is 4.52 Å². The SMILES string of the molecule is O=S1(=O)CCC(c2noc(C3CCNCC3)n2)CC1. The van der Waals surface area contributed by atoms with Crippen LogP contribution in [0.5, 0.6) is 0 Å². The minimum Gasteiger partial charge on any atom is -0.339 e. The van der Waals surface area contributed by atoms with Gasteiger partial charge in [-0.1, -0.05) is 5.16 Å². The van der Waals surface area contributed by atoms with Crippen LogP contribution in [0.3, 0.4) is 0 Å².